The summed E-state index contributed by atoms with van der Waals surface area (Å²) in [5.41, 5.74) is 0.344. The van der Waals surface area contributed by atoms with Gasteiger partial charge in [0.05, 0.1) is 5.39 Å². The lowest BCUT2D eigenvalue weighted by Crippen LogP contribution is -2.35. The summed E-state index contributed by atoms with van der Waals surface area (Å²) >= 11 is 0. The number of fused-ring (bicyclic) bond motifs is 2. The van der Waals surface area contributed by atoms with Gasteiger partial charge in [0.1, 0.15) is 0 Å². The molecule has 1 atom stereocenters. The van der Waals surface area contributed by atoms with Crippen LogP contribution in [0.4, 0.5) is 0 Å². The molecule has 0 aliphatic carbocycles. The van der Waals surface area contributed by atoms with Crippen molar-refractivity contribution in [2.45, 2.75) is 19.6 Å². The first kappa shape index (κ1) is 18.5. The predicted molar refractivity (Wildman–Crippen MR) is 102 cm³/mol. The SMILES string of the molecule is C[C@@H](OC(=O)c1n[nH]c(=O)c2ccccc12)C(=O)NCc1ccc2c(c1)OCO2. The average Bonchev–Trinajstić information content (AvgIpc) is 3.20. The summed E-state index contributed by atoms with van der Waals surface area (Å²) in [6.07, 6.45) is -1.05. The summed E-state index contributed by atoms with van der Waals surface area (Å²) in [5.74, 6) is 0.00294. The Balaban J connectivity index is 1.40. The minimum absolute atomic E-state index is 0.0596. The molecule has 0 fully saturated rings. The van der Waals surface area contributed by atoms with Gasteiger partial charge in [-0.15, -0.1) is 0 Å². The number of aromatic amines is 1. The molecular formula is C20H17N3O6. The van der Waals surface area contributed by atoms with Crippen molar-refractivity contribution in [3.63, 3.8) is 0 Å². The molecule has 9 heteroatoms. The fourth-order valence-electron chi connectivity index (χ4n) is 2.92. The number of nitrogens with zero attached hydrogens (tertiary/aromatic N) is 1. The second-order valence-electron chi connectivity index (χ2n) is 6.40. The highest BCUT2D eigenvalue weighted by Gasteiger charge is 2.22. The van der Waals surface area contributed by atoms with Gasteiger partial charge in [-0.1, -0.05) is 24.3 Å². The minimum atomic E-state index is -1.05. The molecule has 2 N–H and O–H groups in total. The molecule has 1 amide bonds. The predicted octanol–water partition coefficient (Wildman–Crippen LogP) is 1.51. The van der Waals surface area contributed by atoms with Crippen LogP contribution in [0.25, 0.3) is 10.8 Å². The van der Waals surface area contributed by atoms with Crippen molar-refractivity contribution in [1.29, 1.82) is 0 Å². The first-order chi connectivity index (χ1) is 14.0. The van der Waals surface area contributed by atoms with Crippen LogP contribution in [0.3, 0.4) is 0 Å². The zero-order valence-corrected chi connectivity index (χ0v) is 15.4. The van der Waals surface area contributed by atoms with Crippen LogP contribution in [0.5, 0.6) is 11.5 Å². The summed E-state index contributed by atoms with van der Waals surface area (Å²) in [7, 11) is 0. The number of H-pyrrole nitrogens is 1. The molecule has 0 saturated heterocycles. The Hall–Kier alpha value is -3.88. The van der Waals surface area contributed by atoms with Crippen molar-refractivity contribution in [3.05, 3.63) is 64.1 Å². The fourth-order valence-corrected chi connectivity index (χ4v) is 2.92. The van der Waals surface area contributed by atoms with Crippen molar-refractivity contribution in [1.82, 2.24) is 15.5 Å². The Morgan fingerprint density at radius 1 is 1.17 bits per heavy atom. The van der Waals surface area contributed by atoms with Gasteiger partial charge in [0.2, 0.25) is 6.79 Å². The van der Waals surface area contributed by atoms with E-state index in [1.807, 2.05) is 0 Å². The first-order valence-electron chi connectivity index (χ1n) is 8.87. The molecule has 9 nitrogen and oxygen atoms in total. The Morgan fingerprint density at radius 2 is 1.93 bits per heavy atom. The molecule has 4 rings (SSSR count). The number of benzene rings is 2. The molecule has 0 bridgehead atoms. The normalized spacial score (nSPS) is 13.1. The maximum absolute atomic E-state index is 12.5. The molecule has 0 saturated carbocycles. The Bertz CT molecular complexity index is 1160. The van der Waals surface area contributed by atoms with E-state index in [0.29, 0.717) is 22.3 Å². The number of esters is 1. The van der Waals surface area contributed by atoms with E-state index in [1.54, 1.807) is 42.5 Å². The van der Waals surface area contributed by atoms with Crippen molar-refractivity contribution in [2.75, 3.05) is 6.79 Å². The van der Waals surface area contributed by atoms with Crippen molar-refractivity contribution in [2.24, 2.45) is 0 Å². The number of aromatic nitrogens is 2. The molecule has 148 valence electrons. The molecule has 0 spiro atoms. The van der Waals surface area contributed by atoms with Gasteiger partial charge >= 0.3 is 5.97 Å². The van der Waals surface area contributed by atoms with Crippen molar-refractivity contribution >= 4 is 22.6 Å². The van der Waals surface area contributed by atoms with E-state index in [9.17, 15) is 14.4 Å². The summed E-state index contributed by atoms with van der Waals surface area (Å²) in [6, 6.07) is 11.9. The van der Waals surface area contributed by atoms with Gasteiger partial charge in [0.25, 0.3) is 11.5 Å². The Kier molecular flexibility index (Phi) is 4.86. The largest absolute Gasteiger partial charge is 0.454 e. The Labute approximate surface area is 164 Å². The second-order valence-corrected chi connectivity index (χ2v) is 6.40. The number of carbonyl (C=O) groups excluding carboxylic acids is 2. The van der Waals surface area contributed by atoms with Gasteiger partial charge in [0, 0.05) is 11.9 Å². The molecule has 0 unspecified atom stereocenters. The number of rotatable bonds is 5. The number of ether oxygens (including phenoxy) is 3. The van der Waals surface area contributed by atoms with E-state index in [0.717, 1.165) is 5.56 Å². The van der Waals surface area contributed by atoms with Gasteiger partial charge < -0.3 is 19.5 Å². The maximum atomic E-state index is 12.5. The highest BCUT2D eigenvalue weighted by Crippen LogP contribution is 2.32. The molecule has 29 heavy (non-hydrogen) atoms. The third-order valence-corrected chi connectivity index (χ3v) is 4.45. The zero-order chi connectivity index (χ0) is 20.4. The van der Waals surface area contributed by atoms with Gasteiger partial charge in [-0.2, -0.15) is 5.10 Å². The quantitative estimate of drug-likeness (QED) is 0.629. The number of hydrogen-bond acceptors (Lipinski definition) is 7. The highest BCUT2D eigenvalue weighted by molar-refractivity contribution is 6.02. The molecule has 1 aliphatic rings. The summed E-state index contributed by atoms with van der Waals surface area (Å²) in [6.45, 7) is 1.86. The zero-order valence-electron chi connectivity index (χ0n) is 15.4. The number of nitrogens with one attached hydrogen (secondary N) is 2. The van der Waals surface area contributed by atoms with Crippen molar-refractivity contribution in [3.8, 4) is 11.5 Å². The van der Waals surface area contributed by atoms with Crippen LogP contribution in [-0.4, -0.2) is 35.0 Å². The van der Waals surface area contributed by atoms with Crippen molar-refractivity contribution < 1.29 is 23.8 Å². The average molecular weight is 395 g/mol. The third-order valence-electron chi connectivity index (χ3n) is 4.45. The highest BCUT2D eigenvalue weighted by atomic mass is 16.7. The summed E-state index contributed by atoms with van der Waals surface area (Å²) in [4.78, 5) is 36.6. The number of carbonyl (C=O) groups is 2. The third kappa shape index (κ3) is 3.75. The van der Waals surface area contributed by atoms with E-state index in [4.69, 9.17) is 14.2 Å². The molecule has 3 aromatic rings. The monoisotopic (exact) mass is 395 g/mol. The van der Waals surface area contributed by atoms with Gasteiger partial charge in [-0.05, 0) is 30.7 Å². The molecule has 0 radical (unpaired) electrons. The standard InChI is InChI=1S/C20H17N3O6/c1-11(18(24)21-9-12-6-7-15-16(8-12)28-10-27-15)29-20(26)17-13-4-2-3-5-14(13)19(25)23-22-17/h2-8,11H,9-10H2,1H3,(H,21,24)(H,23,25)/t11-/m1/s1. The van der Waals surface area contributed by atoms with Gasteiger partial charge in [0.15, 0.2) is 23.3 Å². The van der Waals surface area contributed by atoms with Gasteiger partial charge in [-0.3, -0.25) is 9.59 Å². The van der Waals surface area contributed by atoms with Crippen LogP contribution in [0.2, 0.25) is 0 Å². The van der Waals surface area contributed by atoms with E-state index >= 15 is 0 Å². The number of amides is 1. The van der Waals surface area contributed by atoms with Crippen LogP contribution in [0, 0.1) is 0 Å². The smallest absolute Gasteiger partial charge is 0.360 e. The molecule has 2 heterocycles. The molecular weight excluding hydrogens is 378 g/mol. The lowest BCUT2D eigenvalue weighted by atomic mass is 10.1. The maximum Gasteiger partial charge on any atom is 0.360 e. The van der Waals surface area contributed by atoms with Crippen LogP contribution < -0.4 is 20.3 Å². The van der Waals surface area contributed by atoms with Crippen LogP contribution in [0.1, 0.15) is 23.0 Å². The van der Waals surface area contributed by atoms with Crippen LogP contribution in [0.15, 0.2) is 47.3 Å². The minimum Gasteiger partial charge on any atom is -0.454 e. The van der Waals surface area contributed by atoms with Crippen LogP contribution in [-0.2, 0) is 16.1 Å². The lowest BCUT2D eigenvalue weighted by Gasteiger charge is -2.14. The number of hydrogen-bond donors (Lipinski definition) is 2. The molecule has 2 aromatic carbocycles. The fraction of sp³-hybridized carbons (Fsp3) is 0.200. The topological polar surface area (TPSA) is 120 Å². The second kappa shape index (κ2) is 7.63. The van der Waals surface area contributed by atoms with E-state index in [1.165, 1.54) is 6.92 Å². The van der Waals surface area contributed by atoms with E-state index in [2.05, 4.69) is 15.5 Å². The molecule has 1 aliphatic heterocycles. The van der Waals surface area contributed by atoms with E-state index in [-0.39, 0.29) is 19.0 Å². The van der Waals surface area contributed by atoms with E-state index < -0.39 is 23.5 Å². The summed E-state index contributed by atoms with van der Waals surface area (Å²) in [5, 5.41) is 9.41. The van der Waals surface area contributed by atoms with Gasteiger partial charge in [-0.25, -0.2) is 9.89 Å². The first-order valence-corrected chi connectivity index (χ1v) is 8.87. The Morgan fingerprint density at radius 3 is 2.76 bits per heavy atom. The van der Waals surface area contributed by atoms with Crippen LogP contribution >= 0.6 is 0 Å². The summed E-state index contributed by atoms with van der Waals surface area (Å²) < 4.78 is 15.8. The molecule has 1 aromatic heterocycles. The lowest BCUT2D eigenvalue weighted by molar-refractivity contribution is -0.129.